The van der Waals surface area contributed by atoms with Gasteiger partial charge in [0, 0.05) is 41.4 Å². The Balaban J connectivity index is 1.63. The van der Waals surface area contributed by atoms with Crippen LogP contribution in [0.1, 0.15) is 6.92 Å². The number of rotatable bonds is 6. The number of benzene rings is 2. The highest BCUT2D eigenvalue weighted by Gasteiger charge is 2.32. The third kappa shape index (κ3) is 5.22. The number of ether oxygens (including phenoxy) is 2. The van der Waals surface area contributed by atoms with Gasteiger partial charge in [-0.1, -0.05) is 13.0 Å². The fourth-order valence-electron chi connectivity index (χ4n) is 3.81. The molecule has 2 heterocycles. The molecule has 0 aromatic heterocycles. The molecule has 1 fully saturated rings. The SMILES string of the molecule is COc1cccc(NC(=O)CN2C(=O)[C@H](C)CSc3ccc(S(=O)(=O)N4CCOCC4)cc32)c1. The smallest absolute Gasteiger partial charge is 0.244 e. The summed E-state index contributed by atoms with van der Waals surface area (Å²) in [6, 6.07) is 11.7. The maximum atomic E-state index is 13.2. The number of carbonyl (C=O) groups is 2. The predicted octanol–water partition coefficient (Wildman–Crippen LogP) is 2.43. The average Bonchev–Trinajstić information content (AvgIpc) is 2.96. The molecule has 11 heteroatoms. The van der Waals surface area contributed by atoms with E-state index in [4.69, 9.17) is 9.47 Å². The summed E-state index contributed by atoms with van der Waals surface area (Å²) in [6.07, 6.45) is 0. The molecule has 0 aliphatic carbocycles. The Hall–Kier alpha value is -2.60. The van der Waals surface area contributed by atoms with E-state index in [2.05, 4.69) is 5.32 Å². The molecule has 2 aliphatic rings. The zero-order valence-corrected chi connectivity index (χ0v) is 20.7. The number of nitrogens with one attached hydrogen (secondary N) is 1. The molecule has 1 N–H and O–H groups in total. The second-order valence-electron chi connectivity index (χ2n) is 8.06. The largest absolute Gasteiger partial charge is 0.497 e. The van der Waals surface area contributed by atoms with Crippen LogP contribution in [0.3, 0.4) is 0 Å². The standard InChI is InChI=1S/C23H27N3O6S2/c1-16-15-33-21-7-6-19(34(29,30)25-8-10-32-11-9-25)13-20(21)26(23(16)28)14-22(27)24-17-4-3-5-18(12-17)31-2/h3-7,12-13,16H,8-11,14-15H2,1-2H3,(H,24,27)/t16-/m1/s1. The monoisotopic (exact) mass is 505 g/mol. The van der Waals surface area contributed by atoms with Gasteiger partial charge in [0.05, 0.1) is 30.9 Å². The number of nitrogens with zero attached hydrogens (tertiary/aromatic N) is 2. The normalized spacial score (nSPS) is 19.3. The Morgan fingerprint density at radius 3 is 2.71 bits per heavy atom. The van der Waals surface area contributed by atoms with Crippen LogP contribution in [-0.4, -0.2) is 70.2 Å². The van der Waals surface area contributed by atoms with E-state index in [9.17, 15) is 18.0 Å². The van der Waals surface area contributed by atoms with Gasteiger partial charge in [-0.25, -0.2) is 8.42 Å². The van der Waals surface area contributed by atoms with E-state index < -0.39 is 15.9 Å². The van der Waals surface area contributed by atoms with Gasteiger partial charge in [0.1, 0.15) is 12.3 Å². The molecule has 9 nitrogen and oxygen atoms in total. The summed E-state index contributed by atoms with van der Waals surface area (Å²) in [6.45, 7) is 2.79. The fourth-order valence-corrected chi connectivity index (χ4v) is 6.29. The summed E-state index contributed by atoms with van der Waals surface area (Å²) in [5, 5.41) is 2.79. The van der Waals surface area contributed by atoms with Crippen LogP contribution in [-0.2, 0) is 24.3 Å². The minimum absolute atomic E-state index is 0.0920. The molecule has 2 aromatic carbocycles. The van der Waals surface area contributed by atoms with Crippen LogP contribution in [0.2, 0.25) is 0 Å². The summed E-state index contributed by atoms with van der Waals surface area (Å²) in [5.74, 6) is 0.175. The zero-order valence-electron chi connectivity index (χ0n) is 19.0. The first-order valence-electron chi connectivity index (χ1n) is 10.9. The van der Waals surface area contributed by atoms with E-state index in [1.165, 1.54) is 34.1 Å². The summed E-state index contributed by atoms with van der Waals surface area (Å²) in [5.41, 5.74) is 0.965. The van der Waals surface area contributed by atoms with Gasteiger partial charge in [-0.15, -0.1) is 11.8 Å². The van der Waals surface area contributed by atoms with Crippen molar-refractivity contribution in [3.63, 3.8) is 0 Å². The van der Waals surface area contributed by atoms with Gasteiger partial charge in [-0.3, -0.25) is 9.59 Å². The molecule has 4 rings (SSSR count). The maximum absolute atomic E-state index is 13.2. The van der Waals surface area contributed by atoms with E-state index >= 15 is 0 Å². The zero-order chi connectivity index (χ0) is 24.3. The van der Waals surface area contributed by atoms with Crippen LogP contribution < -0.4 is 15.0 Å². The first-order chi connectivity index (χ1) is 16.3. The highest BCUT2D eigenvalue weighted by atomic mass is 32.2. The van der Waals surface area contributed by atoms with Gasteiger partial charge in [-0.2, -0.15) is 4.31 Å². The molecule has 0 spiro atoms. The Labute approximate surface area is 203 Å². The lowest BCUT2D eigenvalue weighted by molar-refractivity contribution is -0.123. The Kier molecular flexibility index (Phi) is 7.46. The van der Waals surface area contributed by atoms with Crippen LogP contribution in [0.5, 0.6) is 5.75 Å². The number of hydrogen-bond acceptors (Lipinski definition) is 7. The molecule has 182 valence electrons. The van der Waals surface area contributed by atoms with Crippen molar-refractivity contribution in [1.82, 2.24) is 4.31 Å². The molecule has 0 bridgehead atoms. The van der Waals surface area contributed by atoms with E-state index in [-0.39, 0.29) is 36.4 Å². The second-order valence-corrected chi connectivity index (χ2v) is 11.1. The molecular weight excluding hydrogens is 478 g/mol. The molecular formula is C23H27N3O6S2. The quantitative estimate of drug-likeness (QED) is 0.643. The highest BCUT2D eigenvalue weighted by molar-refractivity contribution is 7.99. The molecule has 2 aromatic rings. The Morgan fingerprint density at radius 1 is 1.21 bits per heavy atom. The van der Waals surface area contributed by atoms with Crippen LogP contribution in [0.4, 0.5) is 11.4 Å². The Bertz CT molecular complexity index is 1180. The summed E-state index contributed by atoms with van der Waals surface area (Å²) in [7, 11) is -2.22. The third-order valence-corrected chi connectivity index (χ3v) is 8.88. The Morgan fingerprint density at radius 2 is 1.97 bits per heavy atom. The van der Waals surface area contributed by atoms with Crippen molar-refractivity contribution in [1.29, 1.82) is 0 Å². The minimum atomic E-state index is -3.75. The van der Waals surface area contributed by atoms with Gasteiger partial charge < -0.3 is 19.7 Å². The number of fused-ring (bicyclic) bond motifs is 1. The number of amides is 2. The number of carbonyl (C=O) groups excluding carboxylic acids is 2. The van der Waals surface area contributed by atoms with E-state index in [1.54, 1.807) is 43.3 Å². The highest BCUT2D eigenvalue weighted by Crippen LogP contribution is 2.38. The number of methoxy groups -OCH3 is 1. The van der Waals surface area contributed by atoms with Crippen molar-refractivity contribution in [3.8, 4) is 5.75 Å². The van der Waals surface area contributed by atoms with Gasteiger partial charge in [0.2, 0.25) is 21.8 Å². The van der Waals surface area contributed by atoms with Gasteiger partial charge in [-0.05, 0) is 30.3 Å². The maximum Gasteiger partial charge on any atom is 0.244 e. The van der Waals surface area contributed by atoms with Crippen LogP contribution >= 0.6 is 11.8 Å². The minimum Gasteiger partial charge on any atom is -0.497 e. The van der Waals surface area contributed by atoms with Crippen molar-refractivity contribution >= 4 is 45.0 Å². The first kappa shape index (κ1) is 24.5. The first-order valence-corrected chi connectivity index (χ1v) is 13.3. The van der Waals surface area contributed by atoms with Crippen LogP contribution in [0.15, 0.2) is 52.3 Å². The molecule has 0 saturated carbocycles. The van der Waals surface area contributed by atoms with Gasteiger partial charge in [0.15, 0.2) is 0 Å². The van der Waals surface area contributed by atoms with E-state index in [0.717, 1.165) is 4.90 Å². The van der Waals surface area contributed by atoms with Crippen molar-refractivity contribution in [3.05, 3.63) is 42.5 Å². The van der Waals surface area contributed by atoms with Gasteiger partial charge >= 0.3 is 0 Å². The fraction of sp³-hybridized carbons (Fsp3) is 0.391. The van der Waals surface area contributed by atoms with Crippen molar-refractivity contribution in [2.45, 2.75) is 16.7 Å². The number of thioether (sulfide) groups is 1. The molecule has 2 amide bonds. The van der Waals surface area contributed by atoms with E-state index in [0.29, 0.717) is 36.1 Å². The van der Waals surface area contributed by atoms with Gasteiger partial charge in [0.25, 0.3) is 0 Å². The van der Waals surface area contributed by atoms with Crippen LogP contribution in [0, 0.1) is 5.92 Å². The average molecular weight is 506 g/mol. The molecule has 2 aliphatic heterocycles. The van der Waals surface area contributed by atoms with Crippen LogP contribution in [0.25, 0.3) is 0 Å². The van der Waals surface area contributed by atoms with E-state index in [1.807, 2.05) is 0 Å². The number of sulfonamides is 1. The lowest BCUT2D eigenvalue weighted by Gasteiger charge is -2.27. The lowest BCUT2D eigenvalue weighted by atomic mass is 10.1. The third-order valence-electron chi connectivity index (χ3n) is 5.66. The molecule has 1 atom stereocenters. The summed E-state index contributed by atoms with van der Waals surface area (Å²) < 4.78 is 38.3. The molecule has 1 saturated heterocycles. The predicted molar refractivity (Wildman–Crippen MR) is 130 cm³/mol. The van der Waals surface area contributed by atoms with Crippen molar-refractivity contribution in [2.75, 3.05) is 55.9 Å². The molecule has 0 unspecified atom stereocenters. The number of hydrogen-bond donors (Lipinski definition) is 1. The summed E-state index contributed by atoms with van der Waals surface area (Å²) in [4.78, 5) is 28.3. The molecule has 34 heavy (non-hydrogen) atoms. The van der Waals surface area contributed by atoms with Crippen molar-refractivity contribution < 1.29 is 27.5 Å². The number of anilines is 2. The lowest BCUT2D eigenvalue weighted by Crippen LogP contribution is -2.42. The number of morpholine rings is 1. The second kappa shape index (κ2) is 10.3. The van der Waals surface area contributed by atoms with Crippen molar-refractivity contribution in [2.24, 2.45) is 5.92 Å². The molecule has 0 radical (unpaired) electrons. The topological polar surface area (TPSA) is 105 Å². The summed E-state index contributed by atoms with van der Waals surface area (Å²) >= 11 is 1.48.